The number of hydrogen-bond donors (Lipinski definition) is 0. The number of anilines is 1. The molecule has 4 nitrogen and oxygen atoms in total. The highest BCUT2D eigenvalue weighted by atomic mass is 32.1. The van der Waals surface area contributed by atoms with Gasteiger partial charge in [0.15, 0.2) is 5.13 Å². The molecule has 0 fully saturated rings. The van der Waals surface area contributed by atoms with Gasteiger partial charge in [0.05, 0.1) is 23.0 Å². The molecule has 0 bridgehead atoms. The number of carbonyl (C=O) groups excluding carboxylic acids is 1. The third-order valence-corrected chi connectivity index (χ3v) is 4.73. The monoisotopic (exact) mass is 328 g/mol. The molecule has 2 aromatic heterocycles. The van der Waals surface area contributed by atoms with Crippen LogP contribution in [0.2, 0.25) is 0 Å². The normalized spacial score (nSPS) is 11.3. The summed E-state index contributed by atoms with van der Waals surface area (Å²) >= 11 is 1.55. The fraction of sp³-hybridized carbons (Fsp3) is 0.333. The number of furan rings is 1. The predicted octanol–water partition coefficient (Wildman–Crippen LogP) is 4.70. The minimum Gasteiger partial charge on any atom is -0.467 e. The van der Waals surface area contributed by atoms with Crippen LogP contribution in [0.5, 0.6) is 0 Å². The van der Waals surface area contributed by atoms with Gasteiger partial charge in [-0.3, -0.25) is 9.69 Å². The molecular formula is C18H20N2O2S. The van der Waals surface area contributed by atoms with Crippen LogP contribution in [0.15, 0.2) is 34.9 Å². The number of thiazole rings is 1. The second-order valence-corrected chi connectivity index (χ2v) is 7.09. The van der Waals surface area contributed by atoms with Crippen LogP contribution in [0, 0.1) is 19.8 Å². The maximum absolute atomic E-state index is 12.6. The SMILES string of the molecule is Cc1cc(C)c2nc(N(Cc3ccco3)C(=O)C(C)C)sc2c1. The zero-order valence-electron chi connectivity index (χ0n) is 13.8. The Morgan fingerprint density at radius 2 is 2.13 bits per heavy atom. The van der Waals surface area contributed by atoms with E-state index in [-0.39, 0.29) is 11.8 Å². The third kappa shape index (κ3) is 3.15. The van der Waals surface area contributed by atoms with Gasteiger partial charge >= 0.3 is 0 Å². The zero-order chi connectivity index (χ0) is 16.6. The molecule has 0 saturated carbocycles. The molecule has 0 spiro atoms. The molecule has 0 radical (unpaired) electrons. The summed E-state index contributed by atoms with van der Waals surface area (Å²) in [7, 11) is 0. The molecule has 120 valence electrons. The lowest BCUT2D eigenvalue weighted by atomic mass is 10.1. The quantitative estimate of drug-likeness (QED) is 0.697. The molecule has 5 heteroatoms. The van der Waals surface area contributed by atoms with Crippen molar-refractivity contribution in [1.29, 1.82) is 0 Å². The zero-order valence-corrected chi connectivity index (χ0v) is 14.6. The Kier molecular flexibility index (Phi) is 4.22. The largest absolute Gasteiger partial charge is 0.467 e. The number of aryl methyl sites for hydroxylation is 2. The van der Waals surface area contributed by atoms with Gasteiger partial charge in [-0.25, -0.2) is 4.98 Å². The Morgan fingerprint density at radius 3 is 2.78 bits per heavy atom. The van der Waals surface area contributed by atoms with Crippen molar-refractivity contribution < 1.29 is 9.21 Å². The molecular weight excluding hydrogens is 308 g/mol. The van der Waals surface area contributed by atoms with Gasteiger partial charge in [0.1, 0.15) is 5.76 Å². The lowest BCUT2D eigenvalue weighted by molar-refractivity contribution is -0.121. The molecule has 3 rings (SSSR count). The molecule has 1 amide bonds. The molecule has 0 unspecified atom stereocenters. The first-order valence-corrected chi connectivity index (χ1v) is 8.49. The first-order chi connectivity index (χ1) is 11.0. The van der Waals surface area contributed by atoms with Crippen LogP contribution in [-0.4, -0.2) is 10.9 Å². The number of nitrogens with zero attached hydrogens (tertiary/aromatic N) is 2. The van der Waals surface area contributed by atoms with Crippen molar-refractivity contribution in [3.8, 4) is 0 Å². The van der Waals surface area contributed by atoms with Gasteiger partial charge < -0.3 is 4.42 Å². The van der Waals surface area contributed by atoms with E-state index in [4.69, 9.17) is 9.40 Å². The van der Waals surface area contributed by atoms with E-state index in [0.29, 0.717) is 6.54 Å². The first-order valence-electron chi connectivity index (χ1n) is 7.67. The van der Waals surface area contributed by atoms with E-state index in [1.54, 1.807) is 22.5 Å². The Balaban J connectivity index is 2.05. The Hall–Kier alpha value is -2.14. The number of carbonyl (C=O) groups is 1. The van der Waals surface area contributed by atoms with Gasteiger partial charge in [-0.05, 0) is 43.2 Å². The molecule has 0 saturated heterocycles. The molecule has 0 aliphatic heterocycles. The van der Waals surface area contributed by atoms with Gasteiger partial charge in [0.2, 0.25) is 5.91 Å². The molecule has 0 aliphatic rings. The lowest BCUT2D eigenvalue weighted by Gasteiger charge is -2.20. The summed E-state index contributed by atoms with van der Waals surface area (Å²) < 4.78 is 6.52. The van der Waals surface area contributed by atoms with Crippen LogP contribution >= 0.6 is 11.3 Å². The molecule has 0 N–H and O–H groups in total. The minimum atomic E-state index is -0.0974. The van der Waals surface area contributed by atoms with E-state index in [1.165, 1.54) is 5.56 Å². The molecule has 0 atom stereocenters. The highest BCUT2D eigenvalue weighted by molar-refractivity contribution is 7.22. The third-order valence-electron chi connectivity index (χ3n) is 3.70. The Bertz CT molecular complexity index is 834. The highest BCUT2D eigenvalue weighted by Gasteiger charge is 2.23. The minimum absolute atomic E-state index is 0.0508. The van der Waals surface area contributed by atoms with Crippen LogP contribution in [0.1, 0.15) is 30.7 Å². The summed E-state index contributed by atoms with van der Waals surface area (Å²) in [5, 5.41) is 0.726. The topological polar surface area (TPSA) is 46.3 Å². The van der Waals surface area contributed by atoms with Gasteiger partial charge in [0.25, 0.3) is 0 Å². The summed E-state index contributed by atoms with van der Waals surface area (Å²) in [6, 6.07) is 7.95. The average Bonchev–Trinajstić information content (AvgIpc) is 3.12. The number of benzene rings is 1. The summed E-state index contributed by atoms with van der Waals surface area (Å²) in [6.07, 6.45) is 1.62. The lowest BCUT2D eigenvalue weighted by Crippen LogP contribution is -2.33. The van der Waals surface area contributed by atoms with Gasteiger partial charge in [-0.1, -0.05) is 31.3 Å². The molecule has 1 aromatic carbocycles. The van der Waals surface area contributed by atoms with Crippen molar-refractivity contribution in [2.45, 2.75) is 34.2 Å². The number of rotatable bonds is 4. The first kappa shape index (κ1) is 15.7. The number of aromatic nitrogens is 1. The van der Waals surface area contributed by atoms with Crippen molar-refractivity contribution in [3.63, 3.8) is 0 Å². The molecule has 2 heterocycles. The van der Waals surface area contributed by atoms with Crippen LogP contribution in [0.25, 0.3) is 10.2 Å². The van der Waals surface area contributed by atoms with E-state index in [2.05, 4.69) is 26.0 Å². The number of fused-ring (bicyclic) bond motifs is 1. The van der Waals surface area contributed by atoms with E-state index >= 15 is 0 Å². The standard InChI is InChI=1S/C18H20N2O2S/c1-11(2)17(21)20(10-14-6-5-7-22-14)18-19-16-13(4)8-12(3)9-15(16)23-18/h5-9,11H,10H2,1-4H3. The Morgan fingerprint density at radius 1 is 1.35 bits per heavy atom. The van der Waals surface area contributed by atoms with Gasteiger partial charge in [0, 0.05) is 5.92 Å². The fourth-order valence-electron chi connectivity index (χ4n) is 2.58. The summed E-state index contributed by atoms with van der Waals surface area (Å²) in [6.45, 7) is 8.34. The number of hydrogen-bond acceptors (Lipinski definition) is 4. The van der Waals surface area contributed by atoms with Crippen molar-refractivity contribution in [2.24, 2.45) is 5.92 Å². The predicted molar refractivity (Wildman–Crippen MR) is 93.8 cm³/mol. The van der Waals surface area contributed by atoms with Gasteiger partial charge in [-0.2, -0.15) is 0 Å². The van der Waals surface area contributed by atoms with Crippen molar-refractivity contribution in [2.75, 3.05) is 4.90 Å². The fourth-order valence-corrected chi connectivity index (χ4v) is 3.73. The summed E-state index contributed by atoms with van der Waals surface area (Å²) in [5.41, 5.74) is 3.31. The van der Waals surface area contributed by atoms with Crippen molar-refractivity contribution in [3.05, 3.63) is 47.4 Å². The maximum atomic E-state index is 12.6. The van der Waals surface area contributed by atoms with Crippen molar-refractivity contribution >= 4 is 32.6 Å². The Labute approximate surface area is 139 Å². The van der Waals surface area contributed by atoms with Crippen molar-refractivity contribution in [1.82, 2.24) is 4.98 Å². The van der Waals surface area contributed by atoms with E-state index in [1.807, 2.05) is 26.0 Å². The molecule has 0 aliphatic carbocycles. The van der Waals surface area contributed by atoms with Crippen LogP contribution in [0.4, 0.5) is 5.13 Å². The van der Waals surface area contributed by atoms with E-state index < -0.39 is 0 Å². The van der Waals surface area contributed by atoms with E-state index in [9.17, 15) is 4.79 Å². The number of amides is 1. The second-order valence-electron chi connectivity index (χ2n) is 6.08. The maximum Gasteiger partial charge on any atom is 0.231 e. The summed E-state index contributed by atoms with van der Waals surface area (Å²) in [4.78, 5) is 19.1. The van der Waals surface area contributed by atoms with Crippen LogP contribution < -0.4 is 4.90 Å². The van der Waals surface area contributed by atoms with E-state index in [0.717, 1.165) is 26.7 Å². The molecule has 3 aromatic rings. The molecule has 23 heavy (non-hydrogen) atoms. The van der Waals surface area contributed by atoms with Crippen LogP contribution in [-0.2, 0) is 11.3 Å². The van der Waals surface area contributed by atoms with Gasteiger partial charge in [-0.15, -0.1) is 0 Å². The summed E-state index contributed by atoms with van der Waals surface area (Å²) in [5.74, 6) is 0.709. The second kappa shape index (κ2) is 6.16. The smallest absolute Gasteiger partial charge is 0.231 e. The van der Waals surface area contributed by atoms with Crippen LogP contribution in [0.3, 0.4) is 0 Å². The average molecular weight is 328 g/mol. The highest BCUT2D eigenvalue weighted by Crippen LogP contribution is 2.33.